The third-order valence-electron chi connectivity index (χ3n) is 17.3. The summed E-state index contributed by atoms with van der Waals surface area (Å²) < 4.78 is 35.9. The number of nitriles is 1. The number of rotatable bonds is 8. The molecule has 3 aromatic heterocycles. The number of halogens is 3. The van der Waals surface area contributed by atoms with E-state index >= 15 is 0 Å². The molecule has 5 aliphatic heterocycles. The quantitative estimate of drug-likeness (QED) is 0.147. The number of amides is 1. The third kappa shape index (κ3) is 8.37. The fourth-order valence-corrected chi connectivity index (χ4v) is 13.6. The number of nitrogens with zero attached hydrogens (tertiary/aromatic N) is 12. The maximum absolute atomic E-state index is 14.8. The Labute approximate surface area is 425 Å². The summed E-state index contributed by atoms with van der Waals surface area (Å²) in [5.74, 6) is 0.814. The summed E-state index contributed by atoms with van der Waals surface area (Å²) in [7, 11) is 1.80. The van der Waals surface area contributed by atoms with Gasteiger partial charge in [0.15, 0.2) is 5.82 Å². The molecule has 3 fully saturated rings. The van der Waals surface area contributed by atoms with Gasteiger partial charge in [-0.05, 0) is 148 Å². The standard InChI is InChI=1S/C56H63ClF2N12O/c1-36-29-56(35-69(36)45-7-6-39(30-60)50(57)27-45)17-23-66(24-18-56)43-10-8-42(9-11-43)65-20-14-44(15-21-65)70-51-13-12-46(25-40(51)31-62-70)71-52-16-22-67(37(2)72)34-49(52)55(63-71)68-19-4-5-38-26-47(41-32-61-64(3)33-41)48(54(58)59)28-53(38)68/h6-11,26-28,31-33,36,44,46,54H,4-5,12-25,29,34-35H2,1-3H3/t36-,46?/m0/s1. The summed E-state index contributed by atoms with van der Waals surface area (Å²) in [6.07, 6.45) is 13.5. The van der Waals surface area contributed by atoms with Crippen LogP contribution < -0.4 is 19.6 Å². The van der Waals surface area contributed by atoms with Crippen molar-refractivity contribution >= 4 is 46.1 Å². The van der Waals surface area contributed by atoms with Crippen LogP contribution in [0.3, 0.4) is 0 Å². The lowest BCUT2D eigenvalue weighted by molar-refractivity contribution is -0.129. The van der Waals surface area contributed by atoms with Crippen molar-refractivity contribution in [3.05, 3.63) is 117 Å². The van der Waals surface area contributed by atoms with Crippen LogP contribution in [0.25, 0.3) is 11.1 Å². The highest BCUT2D eigenvalue weighted by atomic mass is 35.5. The Hall–Kier alpha value is -6.40. The summed E-state index contributed by atoms with van der Waals surface area (Å²) >= 11 is 6.44. The van der Waals surface area contributed by atoms with Crippen molar-refractivity contribution < 1.29 is 13.6 Å². The number of alkyl halides is 2. The van der Waals surface area contributed by atoms with Crippen LogP contribution in [0.2, 0.25) is 5.02 Å². The molecule has 1 amide bonds. The van der Waals surface area contributed by atoms with E-state index in [9.17, 15) is 18.8 Å². The first-order valence-corrected chi connectivity index (χ1v) is 26.5. The normalized spacial score (nSPS) is 21.1. The lowest BCUT2D eigenvalue weighted by Crippen LogP contribution is -2.41. The number of carbonyl (C=O) groups is 1. The highest BCUT2D eigenvalue weighted by molar-refractivity contribution is 6.32. The van der Waals surface area contributed by atoms with Crippen LogP contribution >= 0.6 is 11.6 Å². The van der Waals surface area contributed by atoms with Crippen molar-refractivity contribution in [3.63, 3.8) is 0 Å². The van der Waals surface area contributed by atoms with Gasteiger partial charge in [-0.1, -0.05) is 11.6 Å². The molecule has 6 aromatic rings. The monoisotopic (exact) mass is 992 g/mol. The van der Waals surface area contributed by atoms with Gasteiger partial charge in [0, 0.05) is 129 Å². The van der Waals surface area contributed by atoms with Crippen molar-refractivity contribution in [1.29, 1.82) is 5.26 Å². The minimum absolute atomic E-state index is 0.00698. The number of hydrogen-bond donors (Lipinski definition) is 0. The molecule has 0 radical (unpaired) electrons. The first-order chi connectivity index (χ1) is 34.9. The summed E-state index contributed by atoms with van der Waals surface area (Å²) in [5, 5.41) is 24.7. The molecule has 72 heavy (non-hydrogen) atoms. The molecule has 1 unspecified atom stereocenters. The van der Waals surface area contributed by atoms with Gasteiger partial charge in [-0.2, -0.15) is 20.6 Å². The Morgan fingerprint density at radius 3 is 2.28 bits per heavy atom. The molecule has 3 saturated heterocycles. The van der Waals surface area contributed by atoms with Crippen molar-refractivity contribution in [2.24, 2.45) is 12.5 Å². The topological polar surface area (TPSA) is 111 Å². The van der Waals surface area contributed by atoms with E-state index in [1.807, 2.05) is 29.2 Å². The second-order valence-corrected chi connectivity index (χ2v) is 22.0. The van der Waals surface area contributed by atoms with Crippen LogP contribution in [0.15, 0.2) is 73.2 Å². The van der Waals surface area contributed by atoms with E-state index in [0.29, 0.717) is 65.3 Å². The van der Waals surface area contributed by atoms with Gasteiger partial charge in [0.2, 0.25) is 5.91 Å². The minimum atomic E-state index is -2.66. The van der Waals surface area contributed by atoms with Crippen molar-refractivity contribution in [2.45, 2.75) is 116 Å². The van der Waals surface area contributed by atoms with Crippen LogP contribution in [0.4, 0.5) is 37.3 Å². The molecule has 12 rings (SSSR count). The zero-order valence-electron chi connectivity index (χ0n) is 41.6. The number of benzene rings is 3. The highest BCUT2D eigenvalue weighted by Gasteiger charge is 2.44. The molecule has 6 aliphatic rings. The molecule has 0 saturated carbocycles. The molecular formula is C56H63ClF2N12O. The van der Waals surface area contributed by atoms with E-state index in [1.165, 1.54) is 29.1 Å². The number of aryl methyl sites for hydroxylation is 2. The molecule has 0 N–H and O–H groups in total. The van der Waals surface area contributed by atoms with E-state index in [0.717, 1.165) is 125 Å². The van der Waals surface area contributed by atoms with E-state index in [-0.39, 0.29) is 17.5 Å². The van der Waals surface area contributed by atoms with Gasteiger partial charge < -0.3 is 24.5 Å². The number of anilines is 5. The molecule has 13 nitrogen and oxygen atoms in total. The smallest absolute Gasteiger partial charge is 0.264 e. The third-order valence-corrected chi connectivity index (χ3v) is 17.6. The van der Waals surface area contributed by atoms with Crippen LogP contribution in [-0.4, -0.2) is 92.0 Å². The van der Waals surface area contributed by atoms with Crippen molar-refractivity contribution in [1.82, 2.24) is 34.2 Å². The Balaban J connectivity index is 0.703. The minimum Gasteiger partial charge on any atom is -0.371 e. The molecule has 3 aromatic carbocycles. The van der Waals surface area contributed by atoms with Crippen molar-refractivity contribution in [2.75, 3.05) is 65.4 Å². The van der Waals surface area contributed by atoms with Crippen molar-refractivity contribution in [3.8, 4) is 17.2 Å². The zero-order chi connectivity index (χ0) is 49.4. The van der Waals surface area contributed by atoms with Crippen LogP contribution in [0.1, 0.15) is 117 Å². The van der Waals surface area contributed by atoms with E-state index < -0.39 is 6.43 Å². The first kappa shape index (κ1) is 46.7. The molecule has 1 aliphatic carbocycles. The van der Waals surface area contributed by atoms with Crippen LogP contribution in [0.5, 0.6) is 0 Å². The highest BCUT2D eigenvalue weighted by Crippen LogP contribution is 2.47. The number of hydrogen-bond acceptors (Lipinski definition) is 9. The Kier molecular flexibility index (Phi) is 12.0. The second-order valence-electron chi connectivity index (χ2n) is 21.5. The molecule has 8 heterocycles. The fourth-order valence-electron chi connectivity index (χ4n) is 13.4. The SMILES string of the molecule is CC(=O)N1CCc2c(c(N3CCCc4cc(-c5cnn(C)c5)c(C(F)F)cc43)nn2C2CCc3c(cnn3C3CCN(c4ccc(N5CCC6(CC5)C[C@H](C)N(c5ccc(C#N)c(Cl)c5)C6)cc4)CC3)C2)C1. The average molecular weight is 994 g/mol. The molecule has 1 spiro atoms. The molecule has 16 heteroatoms. The van der Waals surface area contributed by atoms with Gasteiger partial charge in [0.05, 0.1) is 41.6 Å². The van der Waals surface area contributed by atoms with Gasteiger partial charge in [0.25, 0.3) is 6.43 Å². The Morgan fingerprint density at radius 2 is 1.58 bits per heavy atom. The fraction of sp³-hybridized carbons (Fsp3) is 0.482. The van der Waals surface area contributed by atoms with E-state index in [2.05, 4.69) is 77.5 Å². The Morgan fingerprint density at radius 1 is 0.833 bits per heavy atom. The van der Waals surface area contributed by atoms with Gasteiger partial charge in [-0.15, -0.1) is 0 Å². The van der Waals surface area contributed by atoms with E-state index in [4.69, 9.17) is 21.8 Å². The summed E-state index contributed by atoms with van der Waals surface area (Å²) in [6, 6.07) is 21.8. The lowest BCUT2D eigenvalue weighted by atomic mass is 9.76. The average Bonchev–Trinajstić information content (AvgIpc) is 4.20. The Bertz CT molecular complexity index is 3060. The number of carbonyl (C=O) groups excluding carboxylic acids is 1. The van der Waals surface area contributed by atoms with Gasteiger partial charge in [-0.25, -0.2) is 8.78 Å². The molecular weight excluding hydrogens is 930 g/mol. The predicted molar refractivity (Wildman–Crippen MR) is 278 cm³/mol. The molecule has 0 bridgehead atoms. The largest absolute Gasteiger partial charge is 0.371 e. The summed E-state index contributed by atoms with van der Waals surface area (Å²) in [6.45, 7) is 10.8. The molecule has 2 atom stereocenters. The van der Waals surface area contributed by atoms with Gasteiger partial charge >= 0.3 is 0 Å². The second kappa shape index (κ2) is 18.6. The van der Waals surface area contributed by atoms with Gasteiger partial charge in [-0.3, -0.25) is 18.8 Å². The van der Waals surface area contributed by atoms with E-state index in [1.54, 1.807) is 37.1 Å². The maximum Gasteiger partial charge on any atom is 0.264 e. The number of aromatic nitrogens is 6. The lowest BCUT2D eigenvalue weighted by Gasteiger charge is -2.40. The zero-order valence-corrected chi connectivity index (χ0v) is 42.3. The number of fused-ring (bicyclic) bond motifs is 3. The van der Waals surface area contributed by atoms with Crippen LogP contribution in [0, 0.1) is 16.7 Å². The van der Waals surface area contributed by atoms with Gasteiger partial charge in [0.1, 0.15) is 6.07 Å². The van der Waals surface area contributed by atoms with Crippen LogP contribution in [-0.2, 0) is 44.1 Å². The summed E-state index contributed by atoms with van der Waals surface area (Å²) in [5.41, 5.74) is 12.3. The first-order valence-electron chi connectivity index (χ1n) is 26.1. The predicted octanol–water partition coefficient (Wildman–Crippen LogP) is 10.4. The summed E-state index contributed by atoms with van der Waals surface area (Å²) in [4.78, 5) is 24.4. The molecule has 374 valence electrons. The maximum atomic E-state index is 14.8. The number of piperidine rings is 2.